The lowest BCUT2D eigenvalue weighted by molar-refractivity contribution is 0.0717. The summed E-state index contributed by atoms with van der Waals surface area (Å²) in [4.78, 5) is 23.2. The molecular formula is C20H17ClN4O. The van der Waals surface area contributed by atoms with Crippen LogP contribution in [0.1, 0.15) is 27.5 Å². The summed E-state index contributed by atoms with van der Waals surface area (Å²) in [6.45, 7) is 1.01. The van der Waals surface area contributed by atoms with E-state index in [2.05, 4.69) is 9.97 Å². The lowest BCUT2D eigenvalue weighted by Gasteiger charge is -2.32. The van der Waals surface area contributed by atoms with Crippen LogP contribution in [0, 0.1) is 0 Å². The molecule has 2 heterocycles. The molecule has 1 aliphatic rings. The van der Waals surface area contributed by atoms with Crippen molar-refractivity contribution in [1.29, 1.82) is 0 Å². The van der Waals surface area contributed by atoms with Gasteiger partial charge in [0.25, 0.3) is 5.91 Å². The van der Waals surface area contributed by atoms with Crippen molar-refractivity contribution in [3.05, 3.63) is 82.6 Å². The highest BCUT2D eigenvalue weighted by atomic mass is 35.5. The summed E-state index contributed by atoms with van der Waals surface area (Å²) in [5.41, 5.74) is 9.58. The molecule has 1 aromatic heterocycles. The fraction of sp³-hybridized carbons (Fsp3) is 0.150. The summed E-state index contributed by atoms with van der Waals surface area (Å²) in [5.74, 6) is 0.369. The highest BCUT2D eigenvalue weighted by Crippen LogP contribution is 2.27. The van der Waals surface area contributed by atoms with E-state index in [1.54, 1.807) is 23.4 Å². The molecule has 2 N–H and O–H groups in total. The molecule has 130 valence electrons. The van der Waals surface area contributed by atoms with Crippen molar-refractivity contribution in [3.8, 4) is 11.4 Å². The Morgan fingerprint density at radius 3 is 2.54 bits per heavy atom. The summed E-state index contributed by atoms with van der Waals surface area (Å²) in [6, 6.07) is 15.1. The fourth-order valence-corrected chi connectivity index (χ4v) is 3.42. The van der Waals surface area contributed by atoms with E-state index in [9.17, 15) is 4.79 Å². The zero-order valence-corrected chi connectivity index (χ0v) is 14.7. The van der Waals surface area contributed by atoms with Crippen LogP contribution in [0.25, 0.3) is 11.4 Å². The van der Waals surface area contributed by atoms with E-state index in [0.717, 1.165) is 16.7 Å². The van der Waals surface area contributed by atoms with Gasteiger partial charge in [-0.15, -0.1) is 0 Å². The largest absolute Gasteiger partial charge is 0.332 e. The van der Waals surface area contributed by atoms with Crippen molar-refractivity contribution in [2.75, 3.05) is 6.54 Å². The van der Waals surface area contributed by atoms with Gasteiger partial charge in [0.15, 0.2) is 5.82 Å². The van der Waals surface area contributed by atoms with E-state index < -0.39 is 0 Å². The number of carbonyl (C=O) groups excluding carboxylic acids is 1. The molecule has 6 heteroatoms. The molecule has 3 aromatic rings. The summed E-state index contributed by atoms with van der Waals surface area (Å²) < 4.78 is 0. The Labute approximate surface area is 156 Å². The zero-order chi connectivity index (χ0) is 18.1. The number of nitrogens with two attached hydrogens (primary N) is 1. The fourth-order valence-electron chi connectivity index (χ4n) is 3.20. The van der Waals surface area contributed by atoms with Gasteiger partial charge >= 0.3 is 0 Å². The van der Waals surface area contributed by atoms with Gasteiger partial charge in [0.1, 0.15) is 0 Å². The molecule has 0 fully saturated rings. The lowest BCUT2D eigenvalue weighted by Crippen LogP contribution is -2.41. The van der Waals surface area contributed by atoms with Crippen molar-refractivity contribution in [2.45, 2.75) is 12.6 Å². The van der Waals surface area contributed by atoms with Crippen LogP contribution in [-0.4, -0.2) is 27.3 Å². The summed E-state index contributed by atoms with van der Waals surface area (Å²) in [6.07, 6.45) is 3.08. The zero-order valence-electron chi connectivity index (χ0n) is 14.0. The number of aromatic nitrogens is 2. The van der Waals surface area contributed by atoms with E-state index in [4.69, 9.17) is 17.3 Å². The molecule has 0 spiro atoms. The van der Waals surface area contributed by atoms with Crippen molar-refractivity contribution < 1.29 is 4.79 Å². The minimum absolute atomic E-state index is 0.124. The molecule has 1 atom stereocenters. The SMILES string of the molecule is NC1CN(C(=O)c2cnc(-c3ccccc3Cl)nc2)Cc2ccccc21. The van der Waals surface area contributed by atoms with Gasteiger partial charge in [0.05, 0.1) is 10.6 Å². The lowest BCUT2D eigenvalue weighted by atomic mass is 9.96. The molecule has 0 saturated heterocycles. The third-order valence-corrected chi connectivity index (χ3v) is 4.86. The number of hydrogen-bond donors (Lipinski definition) is 1. The normalized spacial score (nSPS) is 16.2. The average molecular weight is 365 g/mol. The minimum Gasteiger partial charge on any atom is -0.332 e. The van der Waals surface area contributed by atoms with Gasteiger partial charge in [-0.1, -0.05) is 48.0 Å². The molecule has 1 aliphatic heterocycles. The highest BCUT2D eigenvalue weighted by Gasteiger charge is 2.26. The maximum absolute atomic E-state index is 12.8. The molecule has 2 aromatic carbocycles. The van der Waals surface area contributed by atoms with Gasteiger partial charge in [-0.05, 0) is 23.3 Å². The molecule has 1 amide bonds. The van der Waals surface area contributed by atoms with Crippen LogP contribution >= 0.6 is 11.6 Å². The Bertz CT molecular complexity index is 958. The second-order valence-corrected chi connectivity index (χ2v) is 6.67. The van der Waals surface area contributed by atoms with Gasteiger partial charge in [0, 0.05) is 37.1 Å². The Balaban J connectivity index is 1.57. The summed E-state index contributed by atoms with van der Waals surface area (Å²) >= 11 is 6.18. The number of halogens is 1. The molecule has 4 rings (SSSR count). The van der Waals surface area contributed by atoms with E-state index in [1.165, 1.54) is 0 Å². The van der Waals surface area contributed by atoms with Gasteiger partial charge in [0.2, 0.25) is 0 Å². The van der Waals surface area contributed by atoms with Crippen molar-refractivity contribution in [1.82, 2.24) is 14.9 Å². The molecule has 26 heavy (non-hydrogen) atoms. The first-order valence-corrected chi connectivity index (χ1v) is 8.71. The first-order valence-electron chi connectivity index (χ1n) is 8.33. The Morgan fingerprint density at radius 2 is 1.77 bits per heavy atom. The molecule has 0 saturated carbocycles. The van der Waals surface area contributed by atoms with Crippen LogP contribution < -0.4 is 5.73 Å². The number of amides is 1. The minimum atomic E-state index is -0.188. The Morgan fingerprint density at radius 1 is 1.08 bits per heavy atom. The summed E-state index contributed by atoms with van der Waals surface area (Å²) in [7, 11) is 0. The number of carbonyl (C=O) groups is 1. The number of nitrogens with zero attached hydrogens (tertiary/aromatic N) is 3. The van der Waals surface area contributed by atoms with E-state index in [1.807, 2.05) is 42.5 Å². The van der Waals surface area contributed by atoms with Gasteiger partial charge < -0.3 is 10.6 Å². The number of benzene rings is 2. The predicted molar refractivity (Wildman–Crippen MR) is 101 cm³/mol. The van der Waals surface area contributed by atoms with Crippen molar-refractivity contribution in [2.24, 2.45) is 5.73 Å². The third-order valence-electron chi connectivity index (χ3n) is 4.53. The standard InChI is InChI=1S/C20H17ClN4O/c21-17-8-4-3-7-16(17)19-23-9-14(10-24-19)20(26)25-11-13-5-1-2-6-15(13)18(22)12-25/h1-10,18H,11-12,22H2. The molecule has 1 unspecified atom stereocenters. The van der Waals surface area contributed by atoms with E-state index in [0.29, 0.717) is 29.5 Å². The molecule has 0 aliphatic carbocycles. The molecule has 0 radical (unpaired) electrons. The number of hydrogen-bond acceptors (Lipinski definition) is 4. The molecular weight excluding hydrogens is 348 g/mol. The van der Waals surface area contributed by atoms with Crippen LogP contribution in [0.15, 0.2) is 60.9 Å². The first kappa shape index (κ1) is 16.7. The third kappa shape index (κ3) is 3.07. The van der Waals surface area contributed by atoms with Gasteiger partial charge in [-0.3, -0.25) is 4.79 Å². The van der Waals surface area contributed by atoms with Crippen molar-refractivity contribution >= 4 is 17.5 Å². The second kappa shape index (κ2) is 6.86. The van der Waals surface area contributed by atoms with Crippen LogP contribution in [-0.2, 0) is 6.54 Å². The Hall–Kier alpha value is -2.76. The van der Waals surface area contributed by atoms with Gasteiger partial charge in [-0.25, -0.2) is 9.97 Å². The number of fused-ring (bicyclic) bond motifs is 1. The van der Waals surface area contributed by atoms with E-state index in [-0.39, 0.29) is 11.9 Å². The second-order valence-electron chi connectivity index (χ2n) is 6.27. The average Bonchev–Trinajstić information content (AvgIpc) is 2.68. The monoisotopic (exact) mass is 364 g/mol. The van der Waals surface area contributed by atoms with Crippen LogP contribution in [0.4, 0.5) is 0 Å². The molecule has 5 nitrogen and oxygen atoms in total. The van der Waals surface area contributed by atoms with Crippen LogP contribution in [0.5, 0.6) is 0 Å². The van der Waals surface area contributed by atoms with Crippen LogP contribution in [0.3, 0.4) is 0 Å². The highest BCUT2D eigenvalue weighted by molar-refractivity contribution is 6.33. The van der Waals surface area contributed by atoms with Gasteiger partial charge in [-0.2, -0.15) is 0 Å². The topological polar surface area (TPSA) is 72.1 Å². The molecule has 0 bridgehead atoms. The predicted octanol–water partition coefficient (Wildman–Crippen LogP) is 3.45. The van der Waals surface area contributed by atoms with E-state index >= 15 is 0 Å². The number of rotatable bonds is 2. The first-order chi connectivity index (χ1) is 12.6. The smallest absolute Gasteiger partial charge is 0.257 e. The Kier molecular flexibility index (Phi) is 4.41. The summed E-state index contributed by atoms with van der Waals surface area (Å²) in [5, 5.41) is 0.574. The maximum Gasteiger partial charge on any atom is 0.257 e. The van der Waals surface area contributed by atoms with Crippen molar-refractivity contribution in [3.63, 3.8) is 0 Å². The maximum atomic E-state index is 12.8. The quantitative estimate of drug-likeness (QED) is 0.755. The van der Waals surface area contributed by atoms with Crippen LogP contribution in [0.2, 0.25) is 5.02 Å².